The second kappa shape index (κ2) is 5.63. The highest BCUT2D eigenvalue weighted by Gasteiger charge is 2.07. The molecule has 0 unspecified atom stereocenters. The molecule has 2 aromatic carbocycles. The zero-order valence-electron chi connectivity index (χ0n) is 10.0. The molecular weight excluding hydrogens is 312 g/mol. The van der Waals surface area contributed by atoms with Crippen LogP contribution in [-0.4, -0.2) is 7.05 Å². The van der Waals surface area contributed by atoms with Crippen molar-refractivity contribution in [1.29, 1.82) is 0 Å². The Morgan fingerprint density at radius 2 is 2.00 bits per heavy atom. The third-order valence-corrected chi connectivity index (χ3v) is 3.44. The summed E-state index contributed by atoms with van der Waals surface area (Å²) in [6, 6.07) is 13.7. The number of anilines is 2. The molecular formula is C14H14BrClN2. The third kappa shape index (κ3) is 3.18. The number of nitrogens with zero attached hydrogens (tertiary/aromatic N) is 1. The zero-order valence-corrected chi connectivity index (χ0v) is 12.4. The number of rotatable bonds is 3. The summed E-state index contributed by atoms with van der Waals surface area (Å²) >= 11 is 9.47. The lowest BCUT2D eigenvalue weighted by Crippen LogP contribution is -2.17. The molecule has 2 aromatic rings. The molecule has 0 fully saturated rings. The van der Waals surface area contributed by atoms with Crippen LogP contribution in [0.2, 0.25) is 5.02 Å². The summed E-state index contributed by atoms with van der Waals surface area (Å²) in [6.45, 7) is 0.782. The van der Waals surface area contributed by atoms with Gasteiger partial charge in [0, 0.05) is 23.1 Å². The maximum absolute atomic E-state index is 6.00. The highest BCUT2D eigenvalue weighted by atomic mass is 79.9. The maximum Gasteiger partial charge on any atom is 0.0615 e. The van der Waals surface area contributed by atoms with Gasteiger partial charge in [-0.25, -0.2) is 0 Å². The van der Waals surface area contributed by atoms with Gasteiger partial charge in [0.05, 0.1) is 11.4 Å². The molecule has 4 heteroatoms. The molecule has 0 bridgehead atoms. The molecule has 0 aliphatic rings. The van der Waals surface area contributed by atoms with E-state index in [-0.39, 0.29) is 0 Å². The minimum Gasteiger partial charge on any atom is -0.397 e. The molecule has 2 nitrogen and oxygen atoms in total. The Morgan fingerprint density at radius 3 is 2.72 bits per heavy atom. The molecule has 0 heterocycles. The van der Waals surface area contributed by atoms with Crippen molar-refractivity contribution < 1.29 is 0 Å². The van der Waals surface area contributed by atoms with Crippen LogP contribution in [-0.2, 0) is 6.54 Å². The van der Waals surface area contributed by atoms with E-state index in [0.717, 1.165) is 22.4 Å². The Bertz CT molecular complexity index is 557. The minimum atomic E-state index is 0.695. The third-order valence-electron chi connectivity index (χ3n) is 2.71. The Hall–Kier alpha value is -1.19. The van der Waals surface area contributed by atoms with Crippen LogP contribution >= 0.6 is 27.5 Å². The van der Waals surface area contributed by atoms with Crippen molar-refractivity contribution in [1.82, 2.24) is 0 Å². The standard InChI is InChI=1S/C14H14BrClN2/c1-18(9-10-3-2-4-11(15)7-10)14-8-12(16)5-6-13(14)17/h2-8H,9,17H2,1H3. The number of benzene rings is 2. The molecule has 0 atom stereocenters. The predicted octanol–water partition coefficient (Wildman–Crippen LogP) is 4.32. The number of nitrogens with two attached hydrogens (primary N) is 1. The van der Waals surface area contributed by atoms with Crippen LogP contribution in [0.15, 0.2) is 46.9 Å². The largest absolute Gasteiger partial charge is 0.397 e. The molecule has 0 aromatic heterocycles. The fraction of sp³-hybridized carbons (Fsp3) is 0.143. The molecule has 0 amide bonds. The van der Waals surface area contributed by atoms with Crippen molar-refractivity contribution in [3.63, 3.8) is 0 Å². The average Bonchev–Trinajstić information content (AvgIpc) is 2.32. The van der Waals surface area contributed by atoms with Crippen molar-refractivity contribution in [2.24, 2.45) is 0 Å². The first-order chi connectivity index (χ1) is 8.56. The van der Waals surface area contributed by atoms with Crippen LogP contribution in [0.5, 0.6) is 0 Å². The van der Waals surface area contributed by atoms with Gasteiger partial charge >= 0.3 is 0 Å². The number of halogens is 2. The Labute approximate surface area is 120 Å². The topological polar surface area (TPSA) is 29.3 Å². The van der Waals surface area contributed by atoms with Gasteiger partial charge in [0.25, 0.3) is 0 Å². The SMILES string of the molecule is CN(Cc1cccc(Br)c1)c1cc(Cl)ccc1N. The summed E-state index contributed by atoms with van der Waals surface area (Å²) in [5.41, 5.74) is 8.86. The molecule has 0 radical (unpaired) electrons. The Kier molecular flexibility index (Phi) is 4.15. The second-order valence-electron chi connectivity index (χ2n) is 4.19. The summed E-state index contributed by atoms with van der Waals surface area (Å²) < 4.78 is 1.08. The lowest BCUT2D eigenvalue weighted by atomic mass is 10.2. The molecule has 0 saturated heterocycles. The molecule has 0 aliphatic heterocycles. The molecule has 18 heavy (non-hydrogen) atoms. The quantitative estimate of drug-likeness (QED) is 0.852. The van der Waals surface area contributed by atoms with Crippen LogP contribution in [0.3, 0.4) is 0 Å². The van der Waals surface area contributed by atoms with Crippen LogP contribution < -0.4 is 10.6 Å². The number of nitrogen functional groups attached to an aromatic ring is 1. The summed E-state index contributed by atoms with van der Waals surface area (Å²) in [5, 5.41) is 0.695. The van der Waals surface area contributed by atoms with Gasteiger partial charge in [-0.15, -0.1) is 0 Å². The van der Waals surface area contributed by atoms with Gasteiger partial charge in [0.2, 0.25) is 0 Å². The maximum atomic E-state index is 6.00. The Morgan fingerprint density at radius 1 is 1.22 bits per heavy atom. The minimum absolute atomic E-state index is 0.695. The highest BCUT2D eigenvalue weighted by Crippen LogP contribution is 2.27. The average molecular weight is 326 g/mol. The van der Waals surface area contributed by atoms with E-state index in [1.54, 1.807) is 6.07 Å². The smallest absolute Gasteiger partial charge is 0.0615 e. The van der Waals surface area contributed by atoms with E-state index in [4.69, 9.17) is 17.3 Å². The second-order valence-corrected chi connectivity index (χ2v) is 5.54. The van der Waals surface area contributed by atoms with Gasteiger partial charge in [-0.3, -0.25) is 0 Å². The normalized spacial score (nSPS) is 10.4. The van der Waals surface area contributed by atoms with Crippen LogP contribution in [0.25, 0.3) is 0 Å². The monoisotopic (exact) mass is 324 g/mol. The summed E-state index contributed by atoms with van der Waals surface area (Å²) in [4.78, 5) is 2.09. The van der Waals surface area contributed by atoms with Gasteiger partial charge in [-0.2, -0.15) is 0 Å². The van der Waals surface area contributed by atoms with Crippen molar-refractivity contribution in [3.8, 4) is 0 Å². The first-order valence-electron chi connectivity index (χ1n) is 5.57. The highest BCUT2D eigenvalue weighted by molar-refractivity contribution is 9.10. The van der Waals surface area contributed by atoms with E-state index in [0.29, 0.717) is 5.02 Å². The van der Waals surface area contributed by atoms with Crippen molar-refractivity contribution >= 4 is 38.9 Å². The lowest BCUT2D eigenvalue weighted by molar-refractivity contribution is 0.924. The van der Waals surface area contributed by atoms with E-state index >= 15 is 0 Å². The van der Waals surface area contributed by atoms with Crippen LogP contribution in [0.4, 0.5) is 11.4 Å². The summed E-state index contributed by atoms with van der Waals surface area (Å²) in [7, 11) is 2.00. The van der Waals surface area contributed by atoms with Gasteiger partial charge in [0.15, 0.2) is 0 Å². The van der Waals surface area contributed by atoms with Gasteiger partial charge < -0.3 is 10.6 Å². The predicted molar refractivity (Wildman–Crippen MR) is 82.1 cm³/mol. The zero-order chi connectivity index (χ0) is 13.1. The Balaban J connectivity index is 2.21. The number of hydrogen-bond donors (Lipinski definition) is 1. The van der Waals surface area contributed by atoms with Crippen molar-refractivity contribution in [3.05, 3.63) is 57.5 Å². The van der Waals surface area contributed by atoms with Crippen LogP contribution in [0, 0.1) is 0 Å². The first-order valence-corrected chi connectivity index (χ1v) is 6.74. The van der Waals surface area contributed by atoms with E-state index in [1.165, 1.54) is 5.56 Å². The fourth-order valence-electron chi connectivity index (χ4n) is 1.84. The van der Waals surface area contributed by atoms with E-state index in [9.17, 15) is 0 Å². The summed E-state index contributed by atoms with van der Waals surface area (Å²) in [6.07, 6.45) is 0. The van der Waals surface area contributed by atoms with Crippen molar-refractivity contribution in [2.45, 2.75) is 6.54 Å². The first kappa shape index (κ1) is 13.2. The van der Waals surface area contributed by atoms with E-state index in [1.807, 2.05) is 31.3 Å². The van der Waals surface area contributed by atoms with E-state index < -0.39 is 0 Å². The summed E-state index contributed by atoms with van der Waals surface area (Å²) in [5.74, 6) is 0. The molecule has 0 aliphatic carbocycles. The lowest BCUT2D eigenvalue weighted by Gasteiger charge is -2.21. The number of hydrogen-bond acceptors (Lipinski definition) is 2. The van der Waals surface area contributed by atoms with E-state index in [2.05, 4.69) is 33.0 Å². The van der Waals surface area contributed by atoms with Gasteiger partial charge in [-0.05, 0) is 35.9 Å². The molecule has 94 valence electrons. The molecule has 0 saturated carbocycles. The molecule has 0 spiro atoms. The molecule has 2 N–H and O–H groups in total. The molecule has 2 rings (SSSR count). The van der Waals surface area contributed by atoms with Crippen molar-refractivity contribution in [2.75, 3.05) is 17.7 Å². The van der Waals surface area contributed by atoms with Crippen LogP contribution in [0.1, 0.15) is 5.56 Å². The van der Waals surface area contributed by atoms with Gasteiger partial charge in [0.1, 0.15) is 0 Å². The van der Waals surface area contributed by atoms with Gasteiger partial charge in [-0.1, -0.05) is 39.7 Å². The fourth-order valence-corrected chi connectivity index (χ4v) is 2.45.